The van der Waals surface area contributed by atoms with E-state index >= 15 is 0 Å². The quantitative estimate of drug-likeness (QED) is 0.125. The Morgan fingerprint density at radius 2 is 1.00 bits per heavy atom. The molecule has 0 unspecified atom stereocenters. The monoisotopic (exact) mass is 898 g/mol. The van der Waals surface area contributed by atoms with Crippen molar-refractivity contribution in [1.29, 1.82) is 0 Å². The fourth-order valence-corrected chi connectivity index (χ4v) is 12.6. The van der Waals surface area contributed by atoms with E-state index in [4.69, 9.17) is 0 Å². The van der Waals surface area contributed by atoms with Gasteiger partial charge < -0.3 is 9.80 Å². The molecule has 0 N–H and O–H groups in total. The smallest absolute Gasteiger partial charge is 0.264 e. The second kappa shape index (κ2) is 15.5. The lowest BCUT2D eigenvalue weighted by molar-refractivity contribution is 0.590. The van der Waals surface area contributed by atoms with E-state index in [1.807, 2.05) is 11.3 Å². The lowest BCUT2D eigenvalue weighted by Gasteiger charge is -2.43. The van der Waals surface area contributed by atoms with E-state index in [9.17, 15) is 0 Å². The molecule has 0 fully saturated rings. The second-order valence-corrected chi connectivity index (χ2v) is 23.2. The Bertz CT molecular complexity index is 3640. The first-order valence-electron chi connectivity index (χ1n) is 24.7. The van der Waals surface area contributed by atoms with Crippen molar-refractivity contribution < 1.29 is 0 Å². The van der Waals surface area contributed by atoms with Crippen LogP contribution in [0.2, 0.25) is 0 Å². The fraction of sp³-hybridized carbons (Fsp3) is 0.219. The first kappa shape index (κ1) is 42.7. The molecule has 9 aromatic carbocycles. The van der Waals surface area contributed by atoms with Gasteiger partial charge in [-0.2, -0.15) is 0 Å². The number of hydrogen-bond donors (Lipinski definition) is 0. The molecule has 68 heavy (non-hydrogen) atoms. The lowest BCUT2D eigenvalue weighted by atomic mass is 9.36. The van der Waals surface area contributed by atoms with E-state index in [0.29, 0.717) is 11.8 Å². The molecule has 4 heteroatoms. The Labute approximate surface area is 407 Å². The molecule has 2 aliphatic rings. The number of nitrogens with zero attached hydrogens (tertiary/aromatic N) is 2. The van der Waals surface area contributed by atoms with E-state index in [0.717, 1.165) is 0 Å². The van der Waals surface area contributed by atoms with Crippen molar-refractivity contribution in [3.63, 3.8) is 0 Å². The van der Waals surface area contributed by atoms with Crippen molar-refractivity contribution in [3.05, 3.63) is 186 Å². The first-order chi connectivity index (χ1) is 32.7. The van der Waals surface area contributed by atoms with Gasteiger partial charge in [0.2, 0.25) is 0 Å². The summed E-state index contributed by atoms with van der Waals surface area (Å²) in [6.07, 6.45) is 0. The molecule has 3 heterocycles. The van der Waals surface area contributed by atoms with Crippen molar-refractivity contribution >= 4 is 110 Å². The van der Waals surface area contributed by atoms with Gasteiger partial charge in [-0.25, -0.2) is 0 Å². The predicted molar refractivity (Wildman–Crippen MR) is 299 cm³/mol. The summed E-state index contributed by atoms with van der Waals surface area (Å²) in [5, 5.41) is 9.09. The Morgan fingerprint density at radius 1 is 0.441 bits per heavy atom. The number of anilines is 6. The van der Waals surface area contributed by atoms with Crippen LogP contribution in [0, 0.1) is 0 Å². The van der Waals surface area contributed by atoms with E-state index in [2.05, 4.69) is 243 Å². The molecule has 0 amide bonds. The highest BCUT2D eigenvalue weighted by Crippen LogP contribution is 2.51. The van der Waals surface area contributed by atoms with E-state index in [1.54, 1.807) is 0 Å². The standard InChI is InChI=1S/C64H59BN2S/c1-38(2)40-22-28-45(29-23-40)66-57-20-15-21-58-60(57)65(62-61(66)53-37-44(64(8,9)10)27-33-59(53)68-62)54-35-41(39(3)4)25-31-56(54)67(58)55-32-26-43(63(5,6)7)36-51(55)42-24-30-50-48-18-12-11-16-46(48)47-17-13-14-19-49(47)52(50)34-42/h11-39H,1-10H3. The van der Waals surface area contributed by atoms with Crippen LogP contribution in [0.1, 0.15) is 103 Å². The topological polar surface area (TPSA) is 6.48 Å². The third-order valence-electron chi connectivity index (χ3n) is 15.1. The summed E-state index contributed by atoms with van der Waals surface area (Å²) in [6.45, 7) is 23.3. The summed E-state index contributed by atoms with van der Waals surface area (Å²) in [5.41, 5.74) is 18.0. The van der Waals surface area contributed by atoms with Crippen LogP contribution in [0.4, 0.5) is 34.1 Å². The summed E-state index contributed by atoms with van der Waals surface area (Å²) >= 11 is 1.99. The molecule has 0 radical (unpaired) electrons. The normalized spacial score (nSPS) is 13.6. The third-order valence-corrected chi connectivity index (χ3v) is 16.3. The van der Waals surface area contributed by atoms with Gasteiger partial charge >= 0.3 is 0 Å². The Kier molecular flexibility index (Phi) is 9.71. The molecule has 0 aliphatic carbocycles. The number of thiophene rings is 1. The van der Waals surface area contributed by atoms with Crippen LogP contribution < -0.4 is 25.5 Å². The van der Waals surface area contributed by atoms with Crippen LogP contribution in [-0.2, 0) is 10.8 Å². The molecular weight excluding hydrogens is 840 g/mol. The van der Waals surface area contributed by atoms with Crippen molar-refractivity contribution in [2.24, 2.45) is 0 Å². The Balaban J connectivity index is 1.16. The van der Waals surface area contributed by atoms with Gasteiger partial charge in [0.15, 0.2) is 0 Å². The predicted octanol–water partition coefficient (Wildman–Crippen LogP) is 17.0. The average Bonchev–Trinajstić information content (AvgIpc) is 3.71. The van der Waals surface area contributed by atoms with Crippen molar-refractivity contribution in [2.45, 2.75) is 91.9 Å². The molecule has 334 valence electrons. The molecule has 0 spiro atoms. The molecule has 10 aromatic rings. The molecule has 2 aliphatic heterocycles. The minimum atomic E-state index is -0.0495. The maximum absolute atomic E-state index is 2.62. The van der Waals surface area contributed by atoms with Gasteiger partial charge in [-0.1, -0.05) is 172 Å². The van der Waals surface area contributed by atoms with Crippen molar-refractivity contribution in [3.8, 4) is 11.1 Å². The van der Waals surface area contributed by atoms with Crippen LogP contribution in [0.25, 0.3) is 53.5 Å². The van der Waals surface area contributed by atoms with Crippen molar-refractivity contribution in [2.75, 3.05) is 9.80 Å². The fourth-order valence-electron chi connectivity index (χ4n) is 11.3. The van der Waals surface area contributed by atoms with Crippen LogP contribution in [0.15, 0.2) is 164 Å². The largest absolute Gasteiger partial charge is 0.311 e. The summed E-state index contributed by atoms with van der Waals surface area (Å²) in [7, 11) is 0. The molecule has 0 saturated carbocycles. The minimum Gasteiger partial charge on any atom is -0.311 e. The average molecular weight is 899 g/mol. The highest BCUT2D eigenvalue weighted by molar-refractivity contribution is 7.33. The van der Waals surface area contributed by atoms with E-state index < -0.39 is 0 Å². The van der Waals surface area contributed by atoms with E-state index in [1.165, 1.54) is 126 Å². The van der Waals surface area contributed by atoms with Gasteiger partial charge in [-0.15, -0.1) is 11.3 Å². The third kappa shape index (κ3) is 6.58. The Hall–Kier alpha value is -6.62. The molecule has 0 saturated heterocycles. The minimum absolute atomic E-state index is 0.0166. The second-order valence-electron chi connectivity index (χ2n) is 22.1. The molecular formula is C64H59BN2S. The summed E-state index contributed by atoms with van der Waals surface area (Å²) in [4.78, 5) is 5.23. The summed E-state index contributed by atoms with van der Waals surface area (Å²) in [6, 6.07) is 63.5. The van der Waals surface area contributed by atoms with Gasteiger partial charge in [0.1, 0.15) is 0 Å². The molecule has 1 aromatic heterocycles. The highest BCUT2D eigenvalue weighted by Gasteiger charge is 2.45. The number of rotatable bonds is 5. The zero-order valence-corrected chi connectivity index (χ0v) is 41.9. The Morgan fingerprint density at radius 3 is 1.63 bits per heavy atom. The summed E-state index contributed by atoms with van der Waals surface area (Å²) < 4.78 is 2.75. The van der Waals surface area contributed by atoms with Gasteiger partial charge in [0, 0.05) is 43.2 Å². The summed E-state index contributed by atoms with van der Waals surface area (Å²) in [5.74, 6) is 0.831. The number of benzene rings is 9. The van der Waals surface area contributed by atoms with Crippen molar-refractivity contribution in [1.82, 2.24) is 0 Å². The van der Waals surface area contributed by atoms with Gasteiger partial charge in [0.05, 0.1) is 11.4 Å². The highest BCUT2D eigenvalue weighted by atomic mass is 32.1. The molecule has 0 atom stereocenters. The van der Waals surface area contributed by atoms with Gasteiger partial charge in [0.25, 0.3) is 6.71 Å². The zero-order chi connectivity index (χ0) is 47.0. The van der Waals surface area contributed by atoms with Gasteiger partial charge in [-0.05, 0) is 154 Å². The van der Waals surface area contributed by atoms with Crippen LogP contribution in [0.3, 0.4) is 0 Å². The SMILES string of the molecule is CC(C)c1ccc(N2c3cccc4c3B(c3cc(C(C)C)ccc3N4c3ccc(C(C)(C)C)cc3-c3ccc4c5ccccc5c5ccccc5c4c3)c3sc4ccc(C(C)(C)C)cc4c32)cc1. The molecule has 12 rings (SSSR count). The number of hydrogen-bond acceptors (Lipinski definition) is 3. The maximum atomic E-state index is 2.62. The lowest BCUT2D eigenvalue weighted by Crippen LogP contribution is -2.60. The van der Waals surface area contributed by atoms with Crippen LogP contribution in [-0.4, -0.2) is 6.71 Å². The van der Waals surface area contributed by atoms with Crippen LogP contribution in [0.5, 0.6) is 0 Å². The zero-order valence-electron chi connectivity index (χ0n) is 41.1. The first-order valence-corrected chi connectivity index (χ1v) is 25.5. The maximum Gasteiger partial charge on any atom is 0.264 e. The van der Waals surface area contributed by atoms with Crippen LogP contribution >= 0.6 is 11.3 Å². The van der Waals surface area contributed by atoms with Gasteiger partial charge in [-0.3, -0.25) is 0 Å². The number of fused-ring (bicyclic) bond motifs is 12. The molecule has 0 bridgehead atoms. The van der Waals surface area contributed by atoms with E-state index in [-0.39, 0.29) is 17.5 Å². The molecule has 2 nitrogen and oxygen atoms in total.